The van der Waals surface area contributed by atoms with Gasteiger partial charge in [0.2, 0.25) is 0 Å². The van der Waals surface area contributed by atoms with E-state index in [1.807, 2.05) is 0 Å². The molecule has 0 amide bonds. The van der Waals surface area contributed by atoms with Gasteiger partial charge in [-0.15, -0.1) is 0 Å². The third kappa shape index (κ3) is 9.94. The standard InChI is InChI=1S/C6H15Si.Li/c1-5(2)7-6(3)4;/h5-7H,1-4H3;/q-1;+1. The van der Waals surface area contributed by atoms with Crippen LogP contribution in [0.15, 0.2) is 0 Å². The van der Waals surface area contributed by atoms with Gasteiger partial charge in [-0.25, -0.2) is 0 Å². The maximum absolute atomic E-state index is 2.30. The fraction of sp³-hybridized carbons (Fsp3) is 1.00. The molecule has 8 heavy (non-hydrogen) atoms. The molecule has 0 saturated heterocycles. The predicted molar refractivity (Wildman–Crippen MR) is 37.3 cm³/mol. The summed E-state index contributed by atoms with van der Waals surface area (Å²) in [6.45, 7) is 9.20. The first kappa shape index (κ1) is 11.6. The molecule has 0 heterocycles. The van der Waals surface area contributed by atoms with Crippen LogP contribution in [0.4, 0.5) is 0 Å². The topological polar surface area (TPSA) is 0 Å². The van der Waals surface area contributed by atoms with Gasteiger partial charge in [0.15, 0.2) is 0 Å². The molecular formula is C6H15LiSi. The van der Waals surface area contributed by atoms with E-state index in [9.17, 15) is 0 Å². The molecule has 0 unspecified atom stereocenters. The molecule has 0 radical (unpaired) electrons. The van der Waals surface area contributed by atoms with Gasteiger partial charge in [-0.3, -0.25) is 9.52 Å². The van der Waals surface area contributed by atoms with Crippen molar-refractivity contribution >= 4 is 9.52 Å². The van der Waals surface area contributed by atoms with Gasteiger partial charge >= 0.3 is 18.9 Å². The molecule has 0 aliphatic rings. The van der Waals surface area contributed by atoms with Gasteiger partial charge in [-0.05, 0) is 0 Å². The largest absolute Gasteiger partial charge is 1.00 e. The fourth-order valence-electron chi connectivity index (χ4n) is 0.770. The maximum Gasteiger partial charge on any atom is 1.00 e. The van der Waals surface area contributed by atoms with Crippen molar-refractivity contribution in [3.8, 4) is 0 Å². The van der Waals surface area contributed by atoms with E-state index >= 15 is 0 Å². The van der Waals surface area contributed by atoms with Gasteiger partial charge < -0.3 is 0 Å². The Morgan fingerprint density at radius 3 is 1.12 bits per heavy atom. The van der Waals surface area contributed by atoms with Gasteiger partial charge in [-0.1, -0.05) is 27.7 Å². The van der Waals surface area contributed by atoms with Crippen LogP contribution in [-0.4, -0.2) is 9.52 Å². The van der Waals surface area contributed by atoms with Crippen LogP contribution in [0.5, 0.6) is 0 Å². The molecule has 0 aliphatic heterocycles. The molecule has 0 aromatic rings. The summed E-state index contributed by atoms with van der Waals surface area (Å²) >= 11 is 0. The summed E-state index contributed by atoms with van der Waals surface area (Å²) in [5, 5.41) is 0. The first-order chi connectivity index (χ1) is 3.13. The zero-order valence-corrected chi connectivity index (χ0v) is 7.89. The fourth-order valence-corrected chi connectivity index (χ4v) is 2.31. The Kier molecular flexibility index (Phi) is 8.61. The van der Waals surface area contributed by atoms with Crippen molar-refractivity contribution in [1.29, 1.82) is 0 Å². The van der Waals surface area contributed by atoms with Gasteiger partial charge in [0.05, 0.1) is 0 Å². The average Bonchev–Trinajstić information content (AvgIpc) is 1.27. The molecule has 0 N–H and O–H groups in total. The van der Waals surface area contributed by atoms with Crippen LogP contribution in [0.3, 0.4) is 0 Å². The Morgan fingerprint density at radius 2 is 1.12 bits per heavy atom. The summed E-state index contributed by atoms with van der Waals surface area (Å²) in [5.74, 6) is 0. The molecule has 0 atom stereocenters. The van der Waals surface area contributed by atoms with E-state index in [0.29, 0.717) is 9.52 Å². The van der Waals surface area contributed by atoms with Crippen molar-refractivity contribution in [3.05, 3.63) is 0 Å². The van der Waals surface area contributed by atoms with E-state index in [0.717, 1.165) is 11.1 Å². The van der Waals surface area contributed by atoms with Crippen molar-refractivity contribution in [2.24, 2.45) is 0 Å². The molecule has 0 bridgehead atoms. The molecule has 2 heteroatoms. The smallest absolute Gasteiger partial charge is 0.272 e. The molecule has 0 spiro atoms. The summed E-state index contributed by atoms with van der Waals surface area (Å²) in [6, 6.07) is 0. The Hall–Kier alpha value is 0.814. The Bertz CT molecular complexity index is 37.8. The van der Waals surface area contributed by atoms with Crippen molar-refractivity contribution < 1.29 is 18.9 Å². The predicted octanol–water partition coefficient (Wildman–Crippen LogP) is -0.916. The van der Waals surface area contributed by atoms with Crippen molar-refractivity contribution in [2.75, 3.05) is 0 Å². The Balaban J connectivity index is 0. The van der Waals surface area contributed by atoms with Crippen LogP contribution in [0, 0.1) is 0 Å². The number of hydrogen-bond donors (Lipinski definition) is 0. The second-order valence-electron chi connectivity index (χ2n) is 2.68. The first-order valence-electron chi connectivity index (χ1n) is 2.98. The third-order valence-electron chi connectivity index (χ3n) is 0.770. The summed E-state index contributed by atoms with van der Waals surface area (Å²) in [5.41, 5.74) is 1.92. The van der Waals surface area contributed by atoms with Crippen molar-refractivity contribution in [2.45, 2.75) is 38.8 Å². The molecule has 0 aromatic heterocycles. The number of hydrogen-bond acceptors (Lipinski definition) is 0. The minimum Gasteiger partial charge on any atom is -0.272 e. The number of rotatable bonds is 2. The van der Waals surface area contributed by atoms with Gasteiger partial charge in [0, 0.05) is 0 Å². The van der Waals surface area contributed by atoms with Crippen LogP contribution in [0.25, 0.3) is 0 Å². The van der Waals surface area contributed by atoms with Gasteiger partial charge in [-0.2, -0.15) is 11.1 Å². The molecule has 0 fully saturated rings. The van der Waals surface area contributed by atoms with Crippen LogP contribution < -0.4 is 18.9 Å². The van der Waals surface area contributed by atoms with E-state index < -0.39 is 0 Å². The van der Waals surface area contributed by atoms with Crippen molar-refractivity contribution in [1.82, 2.24) is 0 Å². The van der Waals surface area contributed by atoms with Crippen LogP contribution in [0.1, 0.15) is 27.7 Å². The molecule has 0 rings (SSSR count). The van der Waals surface area contributed by atoms with E-state index in [4.69, 9.17) is 0 Å². The minimum absolute atomic E-state index is 0. The van der Waals surface area contributed by atoms with Gasteiger partial charge in [0.1, 0.15) is 0 Å². The molecular weight excluding hydrogens is 107 g/mol. The van der Waals surface area contributed by atoms with Crippen molar-refractivity contribution in [3.63, 3.8) is 0 Å². The van der Waals surface area contributed by atoms with Gasteiger partial charge in [0.25, 0.3) is 0 Å². The zero-order valence-electron chi connectivity index (χ0n) is 6.73. The van der Waals surface area contributed by atoms with Crippen LogP contribution in [-0.2, 0) is 0 Å². The second kappa shape index (κ2) is 5.94. The normalized spacial score (nSPS) is 9.75. The van der Waals surface area contributed by atoms with E-state index in [1.165, 1.54) is 0 Å². The molecule has 0 aliphatic carbocycles. The zero-order chi connectivity index (χ0) is 5.86. The molecule has 0 aromatic carbocycles. The summed E-state index contributed by atoms with van der Waals surface area (Å²) in [6.07, 6.45) is 0. The summed E-state index contributed by atoms with van der Waals surface area (Å²) in [7, 11) is 0.713. The average molecular weight is 122 g/mol. The van der Waals surface area contributed by atoms with E-state index in [2.05, 4.69) is 27.7 Å². The van der Waals surface area contributed by atoms with E-state index in [-0.39, 0.29) is 18.9 Å². The second-order valence-corrected chi connectivity index (χ2v) is 5.73. The monoisotopic (exact) mass is 122 g/mol. The Labute approximate surface area is 67.4 Å². The maximum atomic E-state index is 2.30. The quantitative estimate of drug-likeness (QED) is 0.416. The SMILES string of the molecule is CC(C)[SiH-]C(C)C.[Li+]. The molecule has 0 nitrogen and oxygen atoms in total. The summed E-state index contributed by atoms with van der Waals surface area (Å²) < 4.78 is 0. The third-order valence-corrected chi connectivity index (χ3v) is 2.31. The first-order valence-corrected chi connectivity index (χ1v) is 4.31. The van der Waals surface area contributed by atoms with Crippen LogP contribution in [0.2, 0.25) is 11.1 Å². The molecule has 44 valence electrons. The molecule has 0 saturated carbocycles. The van der Waals surface area contributed by atoms with Crippen LogP contribution >= 0.6 is 0 Å². The summed E-state index contributed by atoms with van der Waals surface area (Å²) in [4.78, 5) is 0. The minimum atomic E-state index is 0. The Morgan fingerprint density at radius 1 is 0.875 bits per heavy atom. The van der Waals surface area contributed by atoms with E-state index in [1.54, 1.807) is 0 Å².